The first-order valence-electron chi connectivity index (χ1n) is 6.16. The Morgan fingerprint density at radius 1 is 1.10 bits per heavy atom. The molecule has 4 N–H and O–H groups in total. The lowest BCUT2D eigenvalue weighted by atomic mass is 10.1. The predicted molar refractivity (Wildman–Crippen MR) is 83.1 cm³/mol. The van der Waals surface area contributed by atoms with Crippen molar-refractivity contribution in [2.45, 2.75) is 13.8 Å². The van der Waals surface area contributed by atoms with Gasteiger partial charge >= 0.3 is 0 Å². The summed E-state index contributed by atoms with van der Waals surface area (Å²) in [6.07, 6.45) is 0. The Kier molecular flexibility index (Phi) is 4.27. The minimum atomic E-state index is -0.184. The van der Waals surface area contributed by atoms with Crippen LogP contribution in [-0.2, 0) is 0 Å². The Morgan fingerprint density at radius 2 is 1.85 bits per heavy atom. The normalized spacial score (nSPS) is 10.2. The topological polar surface area (TPSA) is 67.2 Å². The van der Waals surface area contributed by atoms with Crippen LogP contribution in [0.4, 0.5) is 11.4 Å². The van der Waals surface area contributed by atoms with Gasteiger partial charge in [-0.05, 0) is 55.3 Å². The van der Waals surface area contributed by atoms with Crippen molar-refractivity contribution in [3.8, 4) is 0 Å². The summed E-state index contributed by atoms with van der Waals surface area (Å²) in [5, 5.41) is 3.44. The van der Waals surface area contributed by atoms with Gasteiger partial charge in [-0.3, -0.25) is 10.6 Å². The zero-order valence-corrected chi connectivity index (χ0v) is 12.1. The highest BCUT2D eigenvalue weighted by Crippen LogP contribution is 2.21. The standard InChI is InChI=1S/C15H16ClN3O/c1-9-3-5-12(8-13(9)16)18-15(20)11-4-6-14(19-17)10(2)7-11/h3-8,19H,17H2,1-2H3,(H,18,20). The zero-order valence-electron chi connectivity index (χ0n) is 11.3. The summed E-state index contributed by atoms with van der Waals surface area (Å²) < 4.78 is 0. The van der Waals surface area contributed by atoms with Crippen molar-refractivity contribution in [2.75, 3.05) is 10.7 Å². The number of rotatable bonds is 3. The predicted octanol–water partition coefficient (Wildman–Crippen LogP) is 3.49. The van der Waals surface area contributed by atoms with E-state index in [1.165, 1.54) is 0 Å². The highest BCUT2D eigenvalue weighted by molar-refractivity contribution is 6.31. The number of nitrogens with two attached hydrogens (primary N) is 1. The van der Waals surface area contributed by atoms with E-state index in [1.807, 2.05) is 26.0 Å². The minimum Gasteiger partial charge on any atom is -0.324 e. The van der Waals surface area contributed by atoms with Gasteiger partial charge in [-0.25, -0.2) is 0 Å². The smallest absolute Gasteiger partial charge is 0.255 e. The maximum Gasteiger partial charge on any atom is 0.255 e. The Labute approximate surface area is 122 Å². The van der Waals surface area contributed by atoms with Gasteiger partial charge in [0.2, 0.25) is 0 Å². The molecular formula is C15H16ClN3O. The third-order valence-corrected chi connectivity index (χ3v) is 3.48. The number of aryl methyl sites for hydroxylation is 2. The summed E-state index contributed by atoms with van der Waals surface area (Å²) >= 11 is 6.03. The van der Waals surface area contributed by atoms with E-state index in [0.717, 1.165) is 16.8 Å². The molecule has 1 amide bonds. The molecule has 2 aromatic carbocycles. The Bertz CT molecular complexity index is 656. The SMILES string of the molecule is Cc1ccc(NC(=O)c2ccc(NN)c(C)c2)cc1Cl. The average Bonchev–Trinajstić information content (AvgIpc) is 2.42. The van der Waals surface area contributed by atoms with Crippen molar-refractivity contribution in [3.63, 3.8) is 0 Å². The molecule has 0 aliphatic carbocycles. The van der Waals surface area contributed by atoms with Gasteiger partial charge in [-0.1, -0.05) is 17.7 Å². The van der Waals surface area contributed by atoms with Gasteiger partial charge in [0.25, 0.3) is 5.91 Å². The summed E-state index contributed by atoms with van der Waals surface area (Å²) in [6.45, 7) is 3.80. The lowest BCUT2D eigenvalue weighted by Gasteiger charge is -2.09. The average molecular weight is 290 g/mol. The van der Waals surface area contributed by atoms with Crippen LogP contribution in [0.3, 0.4) is 0 Å². The number of nitrogens with one attached hydrogen (secondary N) is 2. The summed E-state index contributed by atoms with van der Waals surface area (Å²) in [5.41, 5.74) is 6.48. The second-order valence-electron chi connectivity index (χ2n) is 4.59. The van der Waals surface area contributed by atoms with Crippen LogP contribution in [0.15, 0.2) is 36.4 Å². The number of hydrazine groups is 1. The van der Waals surface area contributed by atoms with Gasteiger partial charge in [0.1, 0.15) is 0 Å². The number of nitrogen functional groups attached to an aromatic ring is 1. The number of anilines is 2. The number of hydrogen-bond acceptors (Lipinski definition) is 3. The molecular weight excluding hydrogens is 274 g/mol. The van der Waals surface area contributed by atoms with Crippen molar-refractivity contribution >= 4 is 28.9 Å². The second-order valence-corrected chi connectivity index (χ2v) is 5.00. The summed E-state index contributed by atoms with van der Waals surface area (Å²) in [6, 6.07) is 10.7. The molecule has 0 aromatic heterocycles. The summed E-state index contributed by atoms with van der Waals surface area (Å²) in [7, 11) is 0. The van der Waals surface area contributed by atoms with Crippen molar-refractivity contribution in [1.82, 2.24) is 0 Å². The fraction of sp³-hybridized carbons (Fsp3) is 0.133. The van der Waals surface area contributed by atoms with Crippen LogP contribution in [0.1, 0.15) is 21.5 Å². The Balaban J connectivity index is 2.19. The lowest BCUT2D eigenvalue weighted by Crippen LogP contribution is -2.13. The molecule has 0 saturated heterocycles. The Hall–Kier alpha value is -2.04. The van der Waals surface area contributed by atoms with E-state index in [1.54, 1.807) is 24.3 Å². The first-order valence-corrected chi connectivity index (χ1v) is 6.54. The molecule has 0 atom stereocenters. The van der Waals surface area contributed by atoms with Gasteiger partial charge in [0.05, 0.1) is 5.69 Å². The van der Waals surface area contributed by atoms with Crippen LogP contribution < -0.4 is 16.6 Å². The largest absolute Gasteiger partial charge is 0.324 e. The molecule has 0 spiro atoms. The number of hydrogen-bond donors (Lipinski definition) is 3. The first kappa shape index (κ1) is 14.4. The van der Waals surface area contributed by atoms with E-state index in [-0.39, 0.29) is 5.91 Å². The van der Waals surface area contributed by atoms with E-state index in [0.29, 0.717) is 16.3 Å². The highest BCUT2D eigenvalue weighted by Gasteiger charge is 2.08. The van der Waals surface area contributed by atoms with Crippen molar-refractivity contribution < 1.29 is 4.79 Å². The fourth-order valence-electron chi connectivity index (χ4n) is 1.84. The molecule has 0 radical (unpaired) electrons. The first-order chi connectivity index (χ1) is 9.51. The van der Waals surface area contributed by atoms with Crippen LogP contribution in [0.25, 0.3) is 0 Å². The van der Waals surface area contributed by atoms with Crippen LogP contribution in [0, 0.1) is 13.8 Å². The van der Waals surface area contributed by atoms with Crippen LogP contribution in [0.2, 0.25) is 5.02 Å². The quantitative estimate of drug-likeness (QED) is 0.598. The zero-order chi connectivity index (χ0) is 14.7. The minimum absolute atomic E-state index is 0.184. The lowest BCUT2D eigenvalue weighted by molar-refractivity contribution is 0.102. The van der Waals surface area contributed by atoms with E-state index in [9.17, 15) is 4.79 Å². The van der Waals surface area contributed by atoms with Crippen LogP contribution in [0.5, 0.6) is 0 Å². The molecule has 0 aliphatic rings. The van der Waals surface area contributed by atoms with Crippen molar-refractivity contribution in [3.05, 3.63) is 58.1 Å². The second kappa shape index (κ2) is 5.94. The number of carbonyl (C=O) groups is 1. The molecule has 0 aliphatic heterocycles. The molecule has 5 heteroatoms. The van der Waals surface area contributed by atoms with Gasteiger partial charge in [-0.15, -0.1) is 0 Å². The molecule has 104 valence electrons. The van der Waals surface area contributed by atoms with Crippen molar-refractivity contribution in [1.29, 1.82) is 0 Å². The molecule has 0 unspecified atom stereocenters. The van der Waals surface area contributed by atoms with Gasteiger partial charge in [-0.2, -0.15) is 0 Å². The van der Waals surface area contributed by atoms with E-state index in [2.05, 4.69) is 10.7 Å². The fourth-order valence-corrected chi connectivity index (χ4v) is 2.02. The number of halogens is 1. The van der Waals surface area contributed by atoms with Crippen LogP contribution >= 0.6 is 11.6 Å². The molecule has 0 saturated carbocycles. The van der Waals surface area contributed by atoms with Crippen LogP contribution in [-0.4, -0.2) is 5.91 Å². The van der Waals surface area contributed by atoms with E-state index < -0.39 is 0 Å². The molecule has 2 aromatic rings. The van der Waals surface area contributed by atoms with Crippen molar-refractivity contribution in [2.24, 2.45) is 5.84 Å². The maximum atomic E-state index is 12.2. The number of carbonyl (C=O) groups excluding carboxylic acids is 1. The molecule has 2 rings (SSSR count). The summed E-state index contributed by atoms with van der Waals surface area (Å²) in [4.78, 5) is 12.2. The van der Waals surface area contributed by atoms with Gasteiger partial charge in [0.15, 0.2) is 0 Å². The molecule has 4 nitrogen and oxygen atoms in total. The van der Waals surface area contributed by atoms with E-state index >= 15 is 0 Å². The third-order valence-electron chi connectivity index (χ3n) is 3.07. The Morgan fingerprint density at radius 3 is 2.45 bits per heavy atom. The van der Waals surface area contributed by atoms with E-state index in [4.69, 9.17) is 17.4 Å². The number of amides is 1. The third kappa shape index (κ3) is 3.10. The van der Waals surface area contributed by atoms with Gasteiger partial charge < -0.3 is 10.7 Å². The monoisotopic (exact) mass is 289 g/mol. The molecule has 0 fully saturated rings. The molecule has 0 bridgehead atoms. The highest BCUT2D eigenvalue weighted by atomic mass is 35.5. The number of benzene rings is 2. The molecule has 0 heterocycles. The molecule has 20 heavy (non-hydrogen) atoms. The summed E-state index contributed by atoms with van der Waals surface area (Å²) in [5.74, 6) is 5.18. The maximum absolute atomic E-state index is 12.2. The van der Waals surface area contributed by atoms with Gasteiger partial charge in [0, 0.05) is 16.3 Å².